The van der Waals surface area contributed by atoms with Gasteiger partial charge in [0.15, 0.2) is 11.5 Å². The summed E-state index contributed by atoms with van der Waals surface area (Å²) in [6.45, 7) is 0.523. The van der Waals surface area contributed by atoms with Crippen LogP contribution in [0.5, 0.6) is 0 Å². The number of benzene rings is 1. The summed E-state index contributed by atoms with van der Waals surface area (Å²) in [6.07, 6.45) is 1.53. The molecule has 0 bridgehead atoms. The Morgan fingerprint density at radius 2 is 2.05 bits per heavy atom. The lowest BCUT2D eigenvalue weighted by molar-refractivity contribution is -0.255. The van der Waals surface area contributed by atoms with Crippen LogP contribution in [0.25, 0.3) is 11.2 Å². The van der Waals surface area contributed by atoms with Crippen molar-refractivity contribution in [3.63, 3.8) is 0 Å². The van der Waals surface area contributed by atoms with Crippen molar-refractivity contribution < 1.29 is 9.90 Å². The van der Waals surface area contributed by atoms with E-state index in [1.807, 2.05) is 11.9 Å². The number of carboxylic acid groups (broad SMARTS) is 1. The summed E-state index contributed by atoms with van der Waals surface area (Å²) < 4.78 is 0. The number of fused-ring (bicyclic) bond motifs is 1. The van der Waals surface area contributed by atoms with E-state index < -0.39 is 5.97 Å². The van der Waals surface area contributed by atoms with Crippen LogP contribution in [-0.2, 0) is 6.54 Å². The second kappa shape index (κ2) is 5.61. The normalized spacial score (nSPS) is 10.8. The number of aromatic amines is 1. The van der Waals surface area contributed by atoms with Gasteiger partial charge in [-0.25, -0.2) is 4.98 Å². The third-order valence-electron chi connectivity index (χ3n) is 3.21. The fourth-order valence-electron chi connectivity index (χ4n) is 2.16. The number of hydrogen-bond donors (Lipinski definition) is 1. The molecule has 0 aliphatic rings. The fraction of sp³-hybridized carbons (Fsp3) is 0.143. The molecule has 7 nitrogen and oxygen atoms in total. The molecule has 0 saturated heterocycles. The number of hydrogen-bond acceptors (Lipinski definition) is 6. The molecule has 0 fully saturated rings. The monoisotopic (exact) mass is 316 g/mol. The van der Waals surface area contributed by atoms with E-state index >= 15 is 0 Å². The maximum Gasteiger partial charge on any atom is 0.226 e. The standard InChI is InChI=1S/C14H12ClN5O2/c1-20(6-8-2-4-9(5-3-8)13(21)22)12-10-11(17-7-16-10)18-14(15)19-12/h2-5,7H,6H2,1H3,(H,21,22)(H,16,17,18,19)/p-1. The SMILES string of the molecule is CN(Cc1ccc(C(=O)[O-])cc1)c1nc(Cl)nc2nc[nH]c12. The maximum absolute atomic E-state index is 10.7. The first-order valence-corrected chi connectivity index (χ1v) is 6.80. The number of carboxylic acids is 1. The lowest BCUT2D eigenvalue weighted by Crippen LogP contribution is -2.22. The molecule has 3 aromatic rings. The van der Waals surface area contributed by atoms with E-state index in [1.54, 1.807) is 12.1 Å². The number of aromatic carboxylic acids is 1. The van der Waals surface area contributed by atoms with Gasteiger partial charge in [-0.15, -0.1) is 0 Å². The summed E-state index contributed by atoms with van der Waals surface area (Å²) in [4.78, 5) is 27.9. The summed E-state index contributed by atoms with van der Waals surface area (Å²) in [5.41, 5.74) is 2.26. The Labute approximate surface area is 130 Å². The second-order valence-electron chi connectivity index (χ2n) is 4.76. The van der Waals surface area contributed by atoms with Crippen molar-refractivity contribution in [2.45, 2.75) is 6.54 Å². The van der Waals surface area contributed by atoms with E-state index in [0.29, 0.717) is 23.5 Å². The molecule has 2 heterocycles. The molecular formula is C14H11ClN5O2-. The van der Waals surface area contributed by atoms with E-state index in [2.05, 4.69) is 19.9 Å². The number of H-pyrrole nitrogens is 1. The summed E-state index contributed by atoms with van der Waals surface area (Å²) in [5.74, 6) is -0.571. The number of nitrogens with zero attached hydrogens (tertiary/aromatic N) is 4. The molecule has 22 heavy (non-hydrogen) atoms. The van der Waals surface area contributed by atoms with Gasteiger partial charge in [-0.05, 0) is 22.7 Å². The van der Waals surface area contributed by atoms with Crippen LogP contribution in [0.15, 0.2) is 30.6 Å². The van der Waals surface area contributed by atoms with E-state index in [9.17, 15) is 9.90 Å². The van der Waals surface area contributed by atoms with Crippen LogP contribution < -0.4 is 10.0 Å². The molecule has 0 unspecified atom stereocenters. The summed E-state index contributed by atoms with van der Waals surface area (Å²) in [6, 6.07) is 6.48. The Bertz CT molecular complexity index is 831. The topological polar surface area (TPSA) is 97.8 Å². The van der Waals surface area contributed by atoms with Crippen molar-refractivity contribution in [3.05, 3.63) is 47.0 Å². The van der Waals surface area contributed by atoms with Gasteiger partial charge < -0.3 is 19.8 Å². The summed E-state index contributed by atoms with van der Waals surface area (Å²) in [5, 5.41) is 10.9. The Morgan fingerprint density at radius 3 is 2.73 bits per heavy atom. The highest BCUT2D eigenvalue weighted by atomic mass is 35.5. The van der Waals surface area contributed by atoms with E-state index in [4.69, 9.17) is 11.6 Å². The zero-order valence-electron chi connectivity index (χ0n) is 11.6. The van der Waals surface area contributed by atoms with Crippen molar-refractivity contribution in [2.24, 2.45) is 0 Å². The van der Waals surface area contributed by atoms with Gasteiger partial charge in [0.1, 0.15) is 5.52 Å². The number of halogens is 1. The molecule has 3 rings (SSSR count). The van der Waals surface area contributed by atoms with Gasteiger partial charge in [-0.3, -0.25) is 0 Å². The highest BCUT2D eigenvalue weighted by Crippen LogP contribution is 2.23. The van der Waals surface area contributed by atoms with Crippen molar-refractivity contribution >= 4 is 34.6 Å². The molecule has 0 saturated carbocycles. The number of carbonyl (C=O) groups is 1. The van der Waals surface area contributed by atoms with Crippen LogP contribution in [0, 0.1) is 0 Å². The Hall–Kier alpha value is -2.67. The largest absolute Gasteiger partial charge is 0.545 e. The first kappa shape index (κ1) is 14.3. The molecule has 112 valence electrons. The lowest BCUT2D eigenvalue weighted by Gasteiger charge is -2.19. The smallest absolute Gasteiger partial charge is 0.226 e. The molecule has 1 aromatic carbocycles. The van der Waals surface area contributed by atoms with Gasteiger partial charge >= 0.3 is 0 Å². The molecule has 0 spiro atoms. The van der Waals surface area contributed by atoms with Gasteiger partial charge in [0, 0.05) is 13.6 Å². The average Bonchev–Trinajstić information content (AvgIpc) is 2.94. The van der Waals surface area contributed by atoms with Crippen LogP contribution in [0.1, 0.15) is 15.9 Å². The second-order valence-corrected chi connectivity index (χ2v) is 5.10. The highest BCUT2D eigenvalue weighted by Gasteiger charge is 2.13. The minimum Gasteiger partial charge on any atom is -0.545 e. The van der Waals surface area contributed by atoms with Gasteiger partial charge in [0.05, 0.1) is 12.3 Å². The van der Waals surface area contributed by atoms with Crippen LogP contribution in [0.3, 0.4) is 0 Å². The van der Waals surface area contributed by atoms with Gasteiger partial charge in [0.2, 0.25) is 5.28 Å². The van der Waals surface area contributed by atoms with Crippen molar-refractivity contribution in [1.29, 1.82) is 0 Å². The van der Waals surface area contributed by atoms with E-state index in [0.717, 1.165) is 5.56 Å². The first-order chi connectivity index (χ1) is 10.5. The molecule has 2 aromatic heterocycles. The number of imidazole rings is 1. The van der Waals surface area contributed by atoms with E-state index in [-0.39, 0.29) is 10.8 Å². The lowest BCUT2D eigenvalue weighted by atomic mass is 10.1. The molecule has 0 aliphatic carbocycles. The van der Waals surface area contributed by atoms with E-state index in [1.165, 1.54) is 18.5 Å². The Balaban J connectivity index is 1.88. The number of nitrogens with one attached hydrogen (secondary N) is 1. The minimum atomic E-state index is -1.19. The molecule has 8 heteroatoms. The van der Waals surface area contributed by atoms with Crippen molar-refractivity contribution in [3.8, 4) is 0 Å². The summed E-state index contributed by atoms with van der Waals surface area (Å²) in [7, 11) is 1.85. The molecule has 1 N–H and O–H groups in total. The Morgan fingerprint density at radius 1 is 1.32 bits per heavy atom. The zero-order chi connectivity index (χ0) is 15.7. The quantitative estimate of drug-likeness (QED) is 0.721. The van der Waals surface area contributed by atoms with Crippen molar-refractivity contribution in [1.82, 2.24) is 19.9 Å². The van der Waals surface area contributed by atoms with Crippen LogP contribution in [0.4, 0.5) is 5.82 Å². The van der Waals surface area contributed by atoms with Gasteiger partial charge in [-0.1, -0.05) is 24.3 Å². The number of anilines is 1. The van der Waals surface area contributed by atoms with Gasteiger partial charge in [0.25, 0.3) is 0 Å². The minimum absolute atomic E-state index is 0.119. The zero-order valence-corrected chi connectivity index (χ0v) is 12.3. The molecule has 0 aliphatic heterocycles. The fourth-order valence-corrected chi connectivity index (χ4v) is 2.32. The number of rotatable bonds is 4. The predicted octanol–water partition coefficient (Wildman–Crippen LogP) is 1.01. The third kappa shape index (κ3) is 2.71. The van der Waals surface area contributed by atoms with Crippen LogP contribution in [0.2, 0.25) is 5.28 Å². The van der Waals surface area contributed by atoms with Gasteiger partial charge in [-0.2, -0.15) is 9.97 Å². The third-order valence-corrected chi connectivity index (χ3v) is 3.38. The molecular weight excluding hydrogens is 306 g/mol. The molecule has 0 amide bonds. The Kier molecular flexibility index (Phi) is 3.64. The maximum atomic E-state index is 10.7. The first-order valence-electron chi connectivity index (χ1n) is 6.42. The highest BCUT2D eigenvalue weighted by molar-refractivity contribution is 6.28. The van der Waals surface area contributed by atoms with Crippen molar-refractivity contribution in [2.75, 3.05) is 11.9 Å². The summed E-state index contributed by atoms with van der Waals surface area (Å²) >= 11 is 5.91. The number of carbonyl (C=O) groups excluding carboxylic acids is 1. The molecule has 0 radical (unpaired) electrons. The predicted molar refractivity (Wildman–Crippen MR) is 79.6 cm³/mol. The molecule has 0 atom stereocenters. The number of aromatic nitrogens is 4. The average molecular weight is 317 g/mol. The van der Waals surface area contributed by atoms with Crippen LogP contribution >= 0.6 is 11.6 Å². The van der Waals surface area contributed by atoms with Crippen LogP contribution in [-0.4, -0.2) is 33.0 Å².